The number of hydrogen-bond acceptors (Lipinski definition) is 2. The lowest BCUT2D eigenvalue weighted by atomic mass is 9.79. The van der Waals surface area contributed by atoms with E-state index in [1.54, 1.807) is 0 Å². The van der Waals surface area contributed by atoms with E-state index in [1.165, 1.54) is 41.5 Å². The van der Waals surface area contributed by atoms with Crippen LogP contribution in [-0.4, -0.2) is 6.04 Å². The maximum absolute atomic E-state index is 3.75. The van der Waals surface area contributed by atoms with Crippen LogP contribution in [-0.2, 0) is 0 Å². The van der Waals surface area contributed by atoms with Gasteiger partial charge >= 0.3 is 0 Å². The topological polar surface area (TPSA) is 12.0 Å². The molecule has 1 aliphatic rings. The lowest BCUT2D eigenvalue weighted by molar-refractivity contribution is 0.264. The van der Waals surface area contributed by atoms with E-state index in [1.807, 2.05) is 11.3 Å². The molecule has 0 saturated heterocycles. The molecular weight excluding hydrogens is 250 g/mol. The van der Waals surface area contributed by atoms with Crippen LogP contribution in [0.15, 0.2) is 29.6 Å². The van der Waals surface area contributed by atoms with Crippen molar-refractivity contribution in [1.29, 1.82) is 0 Å². The Morgan fingerprint density at radius 2 is 2.11 bits per heavy atom. The summed E-state index contributed by atoms with van der Waals surface area (Å²) in [5.74, 6) is 1.72. The van der Waals surface area contributed by atoms with Crippen molar-refractivity contribution in [3.63, 3.8) is 0 Å². The third-order valence-electron chi connectivity index (χ3n) is 4.48. The average Bonchev–Trinajstić information content (AvgIpc) is 2.86. The first kappa shape index (κ1) is 13.0. The Balaban J connectivity index is 1.69. The van der Waals surface area contributed by atoms with Gasteiger partial charge in [0.2, 0.25) is 0 Å². The second kappa shape index (κ2) is 5.54. The van der Waals surface area contributed by atoms with Crippen LogP contribution in [0.3, 0.4) is 0 Å². The molecule has 1 nitrogen and oxygen atoms in total. The lowest BCUT2D eigenvalue weighted by Gasteiger charge is -2.32. The van der Waals surface area contributed by atoms with Crippen LogP contribution in [0, 0.1) is 11.8 Å². The van der Waals surface area contributed by atoms with E-state index in [4.69, 9.17) is 0 Å². The maximum atomic E-state index is 3.75. The summed E-state index contributed by atoms with van der Waals surface area (Å²) < 4.78 is 1.38. The number of rotatable bonds is 3. The van der Waals surface area contributed by atoms with Crippen molar-refractivity contribution in [2.24, 2.45) is 11.8 Å². The quantitative estimate of drug-likeness (QED) is 0.775. The highest BCUT2D eigenvalue weighted by atomic mass is 32.1. The lowest BCUT2D eigenvalue weighted by Crippen LogP contribution is -2.29. The molecule has 2 unspecified atom stereocenters. The molecule has 0 radical (unpaired) electrons. The van der Waals surface area contributed by atoms with Gasteiger partial charge in [-0.25, -0.2) is 0 Å². The molecule has 1 aromatic heterocycles. The Hall–Kier alpha value is -1.02. The molecule has 3 rings (SSSR count). The van der Waals surface area contributed by atoms with Crippen LogP contribution in [0.1, 0.15) is 39.5 Å². The van der Waals surface area contributed by atoms with Crippen LogP contribution < -0.4 is 5.32 Å². The number of fused-ring (bicyclic) bond motifs is 1. The second-order valence-electron chi connectivity index (χ2n) is 6.19. The fourth-order valence-electron chi connectivity index (χ4n) is 3.26. The van der Waals surface area contributed by atoms with Gasteiger partial charge in [0.25, 0.3) is 0 Å². The summed E-state index contributed by atoms with van der Waals surface area (Å²) in [4.78, 5) is 0. The first-order valence-electron chi connectivity index (χ1n) is 7.46. The number of benzene rings is 1. The van der Waals surface area contributed by atoms with Crippen molar-refractivity contribution in [2.75, 3.05) is 5.32 Å². The highest BCUT2D eigenvalue weighted by Gasteiger charge is 2.23. The zero-order valence-electron chi connectivity index (χ0n) is 11.9. The van der Waals surface area contributed by atoms with Gasteiger partial charge < -0.3 is 5.32 Å². The summed E-state index contributed by atoms with van der Waals surface area (Å²) in [6, 6.07) is 9.65. The van der Waals surface area contributed by atoms with Crippen LogP contribution in [0.25, 0.3) is 10.1 Å². The van der Waals surface area contributed by atoms with Crippen LogP contribution in [0.2, 0.25) is 0 Å². The molecule has 1 fully saturated rings. The zero-order chi connectivity index (χ0) is 13.2. The highest BCUT2D eigenvalue weighted by Crippen LogP contribution is 2.32. The Morgan fingerprint density at radius 1 is 1.21 bits per heavy atom. The van der Waals surface area contributed by atoms with Gasteiger partial charge in [0, 0.05) is 16.4 Å². The van der Waals surface area contributed by atoms with Crippen LogP contribution in [0.5, 0.6) is 0 Å². The van der Waals surface area contributed by atoms with Gasteiger partial charge in [-0.1, -0.05) is 26.7 Å². The number of thiophene rings is 1. The van der Waals surface area contributed by atoms with E-state index in [0.29, 0.717) is 6.04 Å². The van der Waals surface area contributed by atoms with Crippen molar-refractivity contribution in [1.82, 2.24) is 0 Å². The Morgan fingerprint density at radius 3 is 2.95 bits per heavy atom. The molecule has 2 atom stereocenters. The van der Waals surface area contributed by atoms with Crippen molar-refractivity contribution < 1.29 is 0 Å². The van der Waals surface area contributed by atoms with Gasteiger partial charge in [0.15, 0.2) is 0 Å². The minimum atomic E-state index is 0.664. The zero-order valence-corrected chi connectivity index (χ0v) is 12.7. The third-order valence-corrected chi connectivity index (χ3v) is 5.38. The number of nitrogens with one attached hydrogen (secondary N) is 1. The smallest absolute Gasteiger partial charge is 0.0349 e. The molecule has 0 bridgehead atoms. The van der Waals surface area contributed by atoms with E-state index in [0.717, 1.165) is 11.8 Å². The summed E-state index contributed by atoms with van der Waals surface area (Å²) in [5.41, 5.74) is 1.29. The van der Waals surface area contributed by atoms with Crippen molar-refractivity contribution in [3.05, 3.63) is 29.6 Å². The third kappa shape index (κ3) is 2.94. The summed E-state index contributed by atoms with van der Waals surface area (Å²) in [7, 11) is 0. The monoisotopic (exact) mass is 273 g/mol. The summed E-state index contributed by atoms with van der Waals surface area (Å²) >= 11 is 1.82. The number of anilines is 1. The van der Waals surface area contributed by atoms with E-state index < -0.39 is 0 Å². The fraction of sp³-hybridized carbons (Fsp3) is 0.529. The Labute approximate surface area is 120 Å². The van der Waals surface area contributed by atoms with Gasteiger partial charge in [-0.3, -0.25) is 0 Å². The molecule has 1 saturated carbocycles. The SMILES string of the molecule is CC(C)C1CCCC(Nc2ccc3sccc3c2)C1. The van der Waals surface area contributed by atoms with Gasteiger partial charge in [-0.15, -0.1) is 11.3 Å². The van der Waals surface area contributed by atoms with E-state index in [2.05, 4.69) is 48.8 Å². The van der Waals surface area contributed by atoms with Crippen molar-refractivity contribution >= 4 is 27.1 Å². The van der Waals surface area contributed by atoms with Gasteiger partial charge in [0.05, 0.1) is 0 Å². The van der Waals surface area contributed by atoms with Crippen LogP contribution in [0.4, 0.5) is 5.69 Å². The summed E-state index contributed by atoms with van der Waals surface area (Å²) in [5, 5.41) is 7.29. The normalized spacial score (nSPS) is 23.9. The number of hydrogen-bond donors (Lipinski definition) is 1. The second-order valence-corrected chi connectivity index (χ2v) is 7.13. The molecule has 1 N–H and O–H groups in total. The molecule has 2 aromatic rings. The fourth-order valence-corrected chi connectivity index (χ4v) is 4.03. The molecule has 0 spiro atoms. The van der Waals surface area contributed by atoms with Gasteiger partial charge in [0.1, 0.15) is 0 Å². The minimum absolute atomic E-state index is 0.664. The maximum Gasteiger partial charge on any atom is 0.0349 e. The standard InChI is InChI=1S/C17H23NS/c1-12(2)13-4-3-5-15(10-13)18-16-6-7-17-14(11-16)8-9-19-17/h6-9,11-13,15,18H,3-5,10H2,1-2H3. The van der Waals surface area contributed by atoms with Gasteiger partial charge in [-0.2, -0.15) is 0 Å². The Bertz CT molecular complexity index is 543. The largest absolute Gasteiger partial charge is 0.382 e. The van der Waals surface area contributed by atoms with Crippen LogP contribution >= 0.6 is 11.3 Å². The molecule has 0 amide bonds. The highest BCUT2D eigenvalue weighted by molar-refractivity contribution is 7.17. The Kier molecular flexibility index (Phi) is 3.79. The predicted octanol–water partition coefficient (Wildman–Crippen LogP) is 5.53. The molecule has 0 aliphatic heterocycles. The molecule has 1 heterocycles. The van der Waals surface area contributed by atoms with E-state index >= 15 is 0 Å². The van der Waals surface area contributed by atoms with E-state index in [9.17, 15) is 0 Å². The van der Waals surface area contributed by atoms with Crippen molar-refractivity contribution in [3.8, 4) is 0 Å². The average molecular weight is 273 g/mol. The molecular formula is C17H23NS. The first-order chi connectivity index (χ1) is 9.22. The molecule has 2 heteroatoms. The minimum Gasteiger partial charge on any atom is -0.382 e. The molecule has 1 aromatic carbocycles. The van der Waals surface area contributed by atoms with E-state index in [-0.39, 0.29) is 0 Å². The summed E-state index contributed by atoms with van der Waals surface area (Å²) in [6.07, 6.45) is 5.45. The first-order valence-corrected chi connectivity index (χ1v) is 8.34. The molecule has 102 valence electrons. The molecule has 19 heavy (non-hydrogen) atoms. The van der Waals surface area contributed by atoms with Crippen molar-refractivity contribution in [2.45, 2.75) is 45.6 Å². The summed E-state index contributed by atoms with van der Waals surface area (Å²) in [6.45, 7) is 4.73. The van der Waals surface area contributed by atoms with Gasteiger partial charge in [-0.05, 0) is 59.7 Å². The predicted molar refractivity (Wildman–Crippen MR) is 86.0 cm³/mol. The molecule has 1 aliphatic carbocycles.